The molecule has 0 atom stereocenters. The predicted octanol–water partition coefficient (Wildman–Crippen LogP) is -1.09. The molecule has 0 spiro atoms. The van der Waals surface area contributed by atoms with Gasteiger partial charge in [-0.3, -0.25) is 18.2 Å². The molecule has 0 radical (unpaired) electrons. The molecule has 0 aromatic carbocycles. The Morgan fingerprint density at radius 2 is 0.609 bits per heavy atom. The molecule has 23 heavy (non-hydrogen) atoms. The van der Waals surface area contributed by atoms with Crippen molar-refractivity contribution in [3.63, 3.8) is 0 Å². The van der Waals surface area contributed by atoms with Gasteiger partial charge in [0, 0.05) is 0 Å². The first-order chi connectivity index (χ1) is 9.25. The Kier molecular flexibility index (Phi) is 13.6. The largest absolute Gasteiger partial charge is 0.522 e. The van der Waals surface area contributed by atoms with Crippen molar-refractivity contribution in [3.05, 3.63) is 0 Å². The third kappa shape index (κ3) is 114. The van der Waals surface area contributed by atoms with Crippen LogP contribution in [0.2, 0.25) is 0 Å². The van der Waals surface area contributed by atoms with E-state index in [9.17, 15) is 38.4 Å². The van der Waals surface area contributed by atoms with Crippen molar-refractivity contribution in [2.45, 2.75) is 5.51 Å². The molecule has 0 bridgehead atoms. The van der Waals surface area contributed by atoms with Gasteiger partial charge in [-0.05, 0) is 0 Å². The maximum absolute atomic E-state index is 10.7. The zero-order valence-electron chi connectivity index (χ0n) is 11.3. The van der Waals surface area contributed by atoms with Gasteiger partial charge in [0.1, 0.15) is 0 Å². The first-order valence-corrected chi connectivity index (χ1v) is 11.0. The number of rotatable bonds is 0. The molecule has 19 heteroatoms. The van der Waals surface area contributed by atoms with Crippen LogP contribution < -0.4 is 0 Å². The molecular weight excluding hydrogens is 425 g/mol. The summed E-state index contributed by atoms with van der Waals surface area (Å²) in [6.45, 7) is 0. The van der Waals surface area contributed by atoms with E-state index in [1.54, 1.807) is 0 Å². The summed E-state index contributed by atoms with van der Waals surface area (Å²) in [6, 6.07) is 0. The van der Waals surface area contributed by atoms with Crippen LogP contribution in [-0.4, -0.2) is 76.2 Å². The second-order valence-corrected chi connectivity index (χ2v) is 8.93. The lowest BCUT2D eigenvalue weighted by Crippen LogP contribution is -2.21. The topological polar surface area (TPSA) is 217 Å². The Hall–Kier alpha value is -0.570. The van der Waals surface area contributed by atoms with Gasteiger partial charge >= 0.3 is 15.6 Å². The van der Waals surface area contributed by atoms with E-state index in [4.69, 9.17) is 26.6 Å². The standard InChI is InChI=1S/CHF3O3S.3CH4O3S/c2-1(3,4)8(5,6)7;3*1-5(2,3)4/h(H,5,6,7);3*1H3,(H,2,3,4). The maximum Gasteiger partial charge on any atom is 0.522 e. The summed E-state index contributed by atoms with van der Waals surface area (Å²) in [5.41, 5.74) is -5.53. The molecule has 0 heterocycles. The molecule has 0 rings (SSSR count). The molecule has 0 saturated carbocycles. The third-order valence-electron chi connectivity index (χ3n) is 0.292. The fraction of sp³-hybridized carbons (Fsp3) is 1.00. The molecule has 0 aliphatic heterocycles. The SMILES string of the molecule is CS(=O)(=O)O.CS(=O)(=O)O.CS(=O)(=O)O.O=S(=O)(O)C(F)(F)F. The summed E-state index contributed by atoms with van der Waals surface area (Å²) in [5.74, 6) is 0. The van der Waals surface area contributed by atoms with E-state index in [1.165, 1.54) is 0 Å². The number of alkyl halides is 3. The van der Waals surface area contributed by atoms with Crippen molar-refractivity contribution < 1.29 is 65.1 Å². The molecule has 146 valence electrons. The van der Waals surface area contributed by atoms with E-state index in [1.807, 2.05) is 0 Å². The summed E-state index contributed by atoms with van der Waals surface area (Å²) in [5, 5.41) is 0. The summed E-state index contributed by atoms with van der Waals surface area (Å²) < 4.78 is 135. The van der Waals surface area contributed by atoms with Crippen LogP contribution in [-0.2, 0) is 40.5 Å². The number of hydrogen-bond acceptors (Lipinski definition) is 8. The van der Waals surface area contributed by atoms with Gasteiger partial charge in [0.15, 0.2) is 0 Å². The van der Waals surface area contributed by atoms with E-state index >= 15 is 0 Å². The Morgan fingerprint density at radius 1 is 0.565 bits per heavy atom. The maximum atomic E-state index is 10.7. The van der Waals surface area contributed by atoms with Crippen LogP contribution in [0.4, 0.5) is 13.2 Å². The van der Waals surface area contributed by atoms with Crippen LogP contribution >= 0.6 is 0 Å². The summed E-state index contributed by atoms with van der Waals surface area (Å²) in [4.78, 5) is 0. The van der Waals surface area contributed by atoms with Gasteiger partial charge in [0.05, 0.1) is 18.8 Å². The molecular formula is C4H13F3O12S4. The minimum absolute atomic E-state index is 0.715. The van der Waals surface area contributed by atoms with Crippen LogP contribution in [0.15, 0.2) is 0 Å². The first kappa shape index (κ1) is 30.3. The predicted molar refractivity (Wildman–Crippen MR) is 70.0 cm³/mol. The average molecular weight is 438 g/mol. The lowest BCUT2D eigenvalue weighted by atomic mass is 11.6. The Morgan fingerprint density at radius 3 is 0.609 bits per heavy atom. The second-order valence-electron chi connectivity index (χ2n) is 3.12. The van der Waals surface area contributed by atoms with Crippen molar-refractivity contribution in [1.82, 2.24) is 0 Å². The molecule has 12 nitrogen and oxygen atoms in total. The van der Waals surface area contributed by atoms with Gasteiger partial charge in [-0.25, -0.2) is 0 Å². The monoisotopic (exact) mass is 438 g/mol. The highest BCUT2D eigenvalue weighted by Crippen LogP contribution is 2.20. The third-order valence-corrected chi connectivity index (χ3v) is 0.877. The van der Waals surface area contributed by atoms with Crippen LogP contribution in [0.25, 0.3) is 0 Å². The highest BCUT2D eigenvalue weighted by Gasteiger charge is 2.44. The number of halogens is 3. The zero-order chi connectivity index (χ0) is 20.5. The summed E-state index contributed by atoms with van der Waals surface area (Å²) >= 11 is 0. The van der Waals surface area contributed by atoms with E-state index in [0.717, 1.165) is 0 Å². The summed E-state index contributed by atoms with van der Waals surface area (Å²) in [7, 11) is -16.8. The quantitative estimate of drug-likeness (QED) is 0.262. The van der Waals surface area contributed by atoms with Crippen molar-refractivity contribution in [1.29, 1.82) is 0 Å². The minimum Gasteiger partial charge on any atom is -0.286 e. The molecule has 0 aliphatic carbocycles. The van der Waals surface area contributed by atoms with Gasteiger partial charge in [-0.1, -0.05) is 0 Å². The molecule has 0 saturated heterocycles. The Labute approximate surface area is 130 Å². The molecule has 0 fully saturated rings. The fourth-order valence-corrected chi connectivity index (χ4v) is 0. The highest BCUT2D eigenvalue weighted by molar-refractivity contribution is 7.86. The minimum atomic E-state index is -5.84. The van der Waals surface area contributed by atoms with Gasteiger partial charge in [-0.2, -0.15) is 46.8 Å². The first-order valence-electron chi connectivity index (χ1n) is 4.06. The molecule has 0 aliphatic rings. The van der Waals surface area contributed by atoms with E-state index in [0.29, 0.717) is 18.8 Å². The van der Waals surface area contributed by atoms with E-state index in [-0.39, 0.29) is 0 Å². The summed E-state index contributed by atoms with van der Waals surface area (Å²) in [6.07, 6.45) is 2.15. The molecule has 0 amide bonds. The molecule has 4 N–H and O–H groups in total. The average Bonchev–Trinajstić information content (AvgIpc) is 1.86. The molecule has 0 unspecified atom stereocenters. The molecule has 0 aromatic heterocycles. The number of hydrogen-bond donors (Lipinski definition) is 4. The highest BCUT2D eigenvalue weighted by atomic mass is 32.2. The smallest absolute Gasteiger partial charge is 0.286 e. The van der Waals surface area contributed by atoms with Crippen molar-refractivity contribution in [3.8, 4) is 0 Å². The fourth-order valence-electron chi connectivity index (χ4n) is 0. The molecule has 0 aromatic rings. The van der Waals surface area contributed by atoms with E-state index < -0.39 is 46.0 Å². The van der Waals surface area contributed by atoms with Gasteiger partial charge in [-0.15, -0.1) is 0 Å². The van der Waals surface area contributed by atoms with Crippen LogP contribution in [0, 0.1) is 0 Å². The van der Waals surface area contributed by atoms with Gasteiger partial charge in [0.25, 0.3) is 30.4 Å². The second kappa shape index (κ2) is 10.3. The van der Waals surface area contributed by atoms with Crippen LogP contribution in [0.5, 0.6) is 0 Å². The van der Waals surface area contributed by atoms with Crippen molar-refractivity contribution in [2.75, 3.05) is 18.8 Å². The normalized spacial score (nSPS) is 12.4. The van der Waals surface area contributed by atoms with Crippen molar-refractivity contribution >= 4 is 40.5 Å². The van der Waals surface area contributed by atoms with Gasteiger partial charge in [0.2, 0.25) is 0 Å². The Bertz CT molecular complexity index is 629. The lowest BCUT2D eigenvalue weighted by Gasteiger charge is -1.97. The van der Waals surface area contributed by atoms with Gasteiger partial charge < -0.3 is 0 Å². The Balaban J connectivity index is -0.000000108. The zero-order valence-corrected chi connectivity index (χ0v) is 14.6. The van der Waals surface area contributed by atoms with Crippen LogP contribution in [0.1, 0.15) is 0 Å². The van der Waals surface area contributed by atoms with Crippen molar-refractivity contribution in [2.24, 2.45) is 0 Å². The van der Waals surface area contributed by atoms with E-state index in [2.05, 4.69) is 0 Å². The lowest BCUT2D eigenvalue weighted by molar-refractivity contribution is -0.0510. The van der Waals surface area contributed by atoms with Crippen LogP contribution in [0.3, 0.4) is 0 Å².